The number of aromatic carboxylic acids is 1. The minimum absolute atomic E-state index is 0.0281. The second-order valence-electron chi connectivity index (χ2n) is 6.47. The van der Waals surface area contributed by atoms with Crippen LogP contribution in [-0.2, 0) is 16.1 Å². The van der Waals surface area contributed by atoms with Crippen molar-refractivity contribution in [1.29, 1.82) is 0 Å². The van der Waals surface area contributed by atoms with Crippen molar-refractivity contribution in [2.75, 3.05) is 0 Å². The highest BCUT2D eigenvalue weighted by Gasteiger charge is 2.34. The summed E-state index contributed by atoms with van der Waals surface area (Å²) in [6.45, 7) is 0.0580. The Labute approximate surface area is 185 Å². The van der Waals surface area contributed by atoms with E-state index >= 15 is 0 Å². The molecule has 4 rings (SSSR count). The zero-order valence-corrected chi connectivity index (χ0v) is 17.2. The average Bonchev–Trinajstić information content (AvgIpc) is 3.40. The van der Waals surface area contributed by atoms with E-state index in [0.717, 1.165) is 0 Å². The van der Waals surface area contributed by atoms with Gasteiger partial charge in [0.05, 0.1) is 18.8 Å². The molecule has 3 heterocycles. The second-order valence-corrected chi connectivity index (χ2v) is 7.27. The van der Waals surface area contributed by atoms with Crippen molar-refractivity contribution in [3.05, 3.63) is 76.4 Å². The standard InChI is InChI=1S/C21H13ClN2O6S/c22-16-5-3-11(8-14(16)20(27)28)17-6-4-12(30-17)9-15-18(25)23-21(31)24(19(15)26)10-13-2-1-7-29-13/h1-9H,10H2,(H,27,28)(H,23,25,31)/p-1/b15-9+. The molecule has 3 aromatic rings. The van der Waals surface area contributed by atoms with Gasteiger partial charge in [0.1, 0.15) is 22.9 Å². The molecular weight excluding hydrogens is 444 g/mol. The zero-order chi connectivity index (χ0) is 22.1. The van der Waals surface area contributed by atoms with Gasteiger partial charge in [0.2, 0.25) is 0 Å². The topological polar surface area (TPSA) is 116 Å². The number of amides is 2. The summed E-state index contributed by atoms with van der Waals surface area (Å²) in [5.74, 6) is -1.65. The van der Waals surface area contributed by atoms with Gasteiger partial charge in [-0.15, -0.1) is 0 Å². The van der Waals surface area contributed by atoms with E-state index in [4.69, 9.17) is 32.7 Å². The number of furan rings is 2. The van der Waals surface area contributed by atoms with E-state index in [9.17, 15) is 19.5 Å². The van der Waals surface area contributed by atoms with E-state index in [1.807, 2.05) is 0 Å². The first kappa shape index (κ1) is 20.6. The molecule has 8 nitrogen and oxygen atoms in total. The third-order valence-electron chi connectivity index (χ3n) is 4.46. The van der Waals surface area contributed by atoms with E-state index in [2.05, 4.69) is 5.32 Å². The van der Waals surface area contributed by atoms with E-state index < -0.39 is 17.8 Å². The van der Waals surface area contributed by atoms with Gasteiger partial charge in [-0.05, 0) is 60.8 Å². The van der Waals surface area contributed by atoms with Gasteiger partial charge in [-0.3, -0.25) is 19.8 Å². The first-order valence-electron chi connectivity index (χ1n) is 8.86. The molecule has 0 spiro atoms. The SMILES string of the molecule is O=C1NC(=S)N(Cc2ccco2)C(=O)/C1=C/c1ccc(-c2ccc(Cl)c(C(=O)[O-])c2)o1. The van der Waals surface area contributed by atoms with Crippen LogP contribution < -0.4 is 10.4 Å². The molecule has 10 heteroatoms. The van der Waals surface area contributed by atoms with Crippen LogP contribution in [0.1, 0.15) is 21.9 Å². The summed E-state index contributed by atoms with van der Waals surface area (Å²) in [5, 5.41) is 13.7. The van der Waals surface area contributed by atoms with E-state index in [-0.39, 0.29) is 33.6 Å². The van der Waals surface area contributed by atoms with Crippen LogP contribution in [0.4, 0.5) is 0 Å². The number of hydrogen-bond acceptors (Lipinski definition) is 7. The molecular formula is C21H12ClN2O6S-. The molecule has 2 aromatic heterocycles. The van der Waals surface area contributed by atoms with Crippen LogP contribution >= 0.6 is 23.8 Å². The number of thiocarbonyl (C=S) groups is 1. The summed E-state index contributed by atoms with van der Waals surface area (Å²) in [6, 6.07) is 10.8. The maximum atomic E-state index is 12.8. The van der Waals surface area contributed by atoms with Gasteiger partial charge in [0.25, 0.3) is 11.8 Å². The predicted octanol–water partition coefficient (Wildman–Crippen LogP) is 2.38. The monoisotopic (exact) mass is 455 g/mol. The number of nitrogens with one attached hydrogen (secondary N) is 1. The Balaban J connectivity index is 1.62. The largest absolute Gasteiger partial charge is 0.545 e. The fourth-order valence-corrected chi connectivity index (χ4v) is 3.39. The number of benzene rings is 1. The quantitative estimate of drug-likeness (QED) is 0.356. The van der Waals surface area contributed by atoms with Gasteiger partial charge >= 0.3 is 0 Å². The lowest BCUT2D eigenvalue weighted by atomic mass is 10.1. The molecule has 0 atom stereocenters. The molecule has 1 N–H and O–H groups in total. The minimum atomic E-state index is -1.42. The maximum Gasteiger partial charge on any atom is 0.266 e. The van der Waals surface area contributed by atoms with E-state index in [1.54, 1.807) is 30.3 Å². The van der Waals surface area contributed by atoms with Crippen molar-refractivity contribution in [1.82, 2.24) is 10.2 Å². The molecule has 1 aliphatic rings. The molecule has 1 aromatic carbocycles. The average molecular weight is 456 g/mol. The number of rotatable bonds is 5. The zero-order valence-electron chi connectivity index (χ0n) is 15.6. The van der Waals surface area contributed by atoms with Crippen molar-refractivity contribution in [2.45, 2.75) is 6.54 Å². The Morgan fingerprint density at radius 2 is 2.03 bits per heavy atom. The van der Waals surface area contributed by atoms with Crippen LogP contribution in [0.3, 0.4) is 0 Å². The Bertz CT molecular complexity index is 1240. The summed E-state index contributed by atoms with van der Waals surface area (Å²) >= 11 is 11.0. The minimum Gasteiger partial charge on any atom is -0.545 e. The van der Waals surface area contributed by atoms with Crippen LogP contribution in [0.15, 0.2) is 63.1 Å². The molecule has 2 amide bonds. The highest BCUT2D eigenvalue weighted by Crippen LogP contribution is 2.28. The van der Waals surface area contributed by atoms with Gasteiger partial charge in [0.15, 0.2) is 5.11 Å². The summed E-state index contributed by atoms with van der Waals surface area (Å²) in [5.41, 5.74) is 0.0836. The molecule has 1 aliphatic heterocycles. The number of nitrogens with zero attached hydrogens (tertiary/aromatic N) is 1. The van der Waals surface area contributed by atoms with Crippen molar-refractivity contribution < 1.29 is 28.3 Å². The Kier molecular flexibility index (Phi) is 5.45. The third-order valence-corrected chi connectivity index (χ3v) is 5.12. The Morgan fingerprint density at radius 3 is 2.74 bits per heavy atom. The van der Waals surface area contributed by atoms with Crippen molar-refractivity contribution in [3.8, 4) is 11.3 Å². The molecule has 0 radical (unpaired) electrons. The second kappa shape index (κ2) is 8.21. The summed E-state index contributed by atoms with van der Waals surface area (Å²) in [7, 11) is 0. The Morgan fingerprint density at radius 1 is 1.23 bits per heavy atom. The molecule has 31 heavy (non-hydrogen) atoms. The number of carboxylic acid groups (broad SMARTS) is 1. The third kappa shape index (κ3) is 4.14. The number of halogens is 1. The lowest BCUT2D eigenvalue weighted by Crippen LogP contribution is -2.53. The molecule has 0 aliphatic carbocycles. The molecule has 1 saturated heterocycles. The number of carbonyl (C=O) groups excluding carboxylic acids is 3. The van der Waals surface area contributed by atoms with Crippen molar-refractivity contribution in [2.24, 2.45) is 0 Å². The van der Waals surface area contributed by atoms with E-state index in [1.165, 1.54) is 29.4 Å². The molecule has 0 unspecified atom stereocenters. The van der Waals surface area contributed by atoms with Crippen molar-refractivity contribution in [3.63, 3.8) is 0 Å². The van der Waals surface area contributed by atoms with Crippen LogP contribution in [0.2, 0.25) is 5.02 Å². The first-order chi connectivity index (χ1) is 14.8. The maximum absolute atomic E-state index is 12.8. The van der Waals surface area contributed by atoms with Crippen molar-refractivity contribution >= 4 is 52.8 Å². The fourth-order valence-electron chi connectivity index (χ4n) is 2.96. The highest BCUT2D eigenvalue weighted by molar-refractivity contribution is 7.80. The predicted molar refractivity (Wildman–Crippen MR) is 111 cm³/mol. The smallest absolute Gasteiger partial charge is 0.266 e. The summed E-state index contributed by atoms with van der Waals surface area (Å²) < 4.78 is 10.9. The summed E-state index contributed by atoms with van der Waals surface area (Å²) in [6.07, 6.45) is 2.75. The van der Waals surface area contributed by atoms with Gasteiger partial charge in [0, 0.05) is 16.1 Å². The lowest BCUT2D eigenvalue weighted by Gasteiger charge is -2.27. The molecule has 0 bridgehead atoms. The molecule has 156 valence electrons. The van der Waals surface area contributed by atoms with Crippen LogP contribution in [-0.4, -0.2) is 27.8 Å². The Hall–Kier alpha value is -3.69. The lowest BCUT2D eigenvalue weighted by molar-refractivity contribution is -0.255. The van der Waals surface area contributed by atoms with E-state index in [0.29, 0.717) is 17.1 Å². The normalized spacial score (nSPS) is 15.5. The number of carbonyl (C=O) groups is 3. The van der Waals surface area contributed by atoms with Crippen LogP contribution in [0.25, 0.3) is 17.4 Å². The number of carboxylic acids is 1. The van der Waals surface area contributed by atoms with Gasteiger partial charge in [-0.1, -0.05) is 11.6 Å². The fraction of sp³-hybridized carbons (Fsp3) is 0.0476. The van der Waals surface area contributed by atoms with Crippen LogP contribution in [0, 0.1) is 0 Å². The highest BCUT2D eigenvalue weighted by atomic mass is 35.5. The van der Waals surface area contributed by atoms with Gasteiger partial charge in [-0.2, -0.15) is 0 Å². The van der Waals surface area contributed by atoms with Gasteiger partial charge in [-0.25, -0.2) is 0 Å². The molecule has 1 fully saturated rings. The first-order valence-corrected chi connectivity index (χ1v) is 9.64. The van der Waals surface area contributed by atoms with Gasteiger partial charge < -0.3 is 18.7 Å². The molecule has 0 saturated carbocycles. The number of hydrogen-bond donors (Lipinski definition) is 1. The summed E-state index contributed by atoms with van der Waals surface area (Å²) in [4.78, 5) is 37.6. The van der Waals surface area contributed by atoms with Crippen LogP contribution in [0.5, 0.6) is 0 Å².